The van der Waals surface area contributed by atoms with Crippen LogP contribution >= 0.6 is 0 Å². The van der Waals surface area contributed by atoms with Gasteiger partial charge in [-0.3, -0.25) is 0 Å². The Labute approximate surface area is 286 Å². The molecule has 50 heavy (non-hydrogen) atoms. The number of rotatable bonds is 4. The molecule has 7 aromatic carbocycles. The average molecular weight is 638 g/mol. The molecule has 0 saturated heterocycles. The van der Waals surface area contributed by atoms with Crippen molar-refractivity contribution in [2.75, 3.05) is 0 Å². The van der Waals surface area contributed by atoms with Crippen molar-refractivity contribution >= 4 is 59.9 Å². The molecule has 0 aliphatic carbocycles. The predicted octanol–water partition coefficient (Wildman–Crippen LogP) is 11.1. The molecular weight excluding hydrogens is 611 g/mol. The summed E-state index contributed by atoms with van der Waals surface area (Å²) in [6.45, 7) is 0. The summed E-state index contributed by atoms with van der Waals surface area (Å²) in [5.41, 5.74) is 9.98. The summed E-state index contributed by atoms with van der Waals surface area (Å²) in [6, 6.07) is 57.6. The molecule has 0 atom stereocenters. The quantitative estimate of drug-likeness (QED) is 0.193. The van der Waals surface area contributed by atoms with Crippen molar-refractivity contribution in [3.05, 3.63) is 164 Å². The van der Waals surface area contributed by atoms with E-state index in [9.17, 15) is 0 Å². The van der Waals surface area contributed by atoms with Gasteiger partial charge in [0, 0.05) is 54.7 Å². The highest BCUT2D eigenvalue weighted by molar-refractivity contribution is 6.34. The van der Waals surface area contributed by atoms with Gasteiger partial charge in [0.2, 0.25) is 0 Å². The average Bonchev–Trinajstić information content (AvgIpc) is 3.83. The molecule has 5 heteroatoms. The molecule has 0 bridgehead atoms. The van der Waals surface area contributed by atoms with Gasteiger partial charge in [-0.05, 0) is 36.4 Å². The Morgan fingerprint density at radius 3 is 1.50 bits per heavy atom. The van der Waals surface area contributed by atoms with Crippen molar-refractivity contribution in [3.8, 4) is 39.9 Å². The molecule has 0 fully saturated rings. The monoisotopic (exact) mass is 637 g/mol. The zero-order valence-corrected chi connectivity index (χ0v) is 26.8. The summed E-state index contributed by atoms with van der Waals surface area (Å²) >= 11 is 0. The molecule has 4 aromatic heterocycles. The van der Waals surface area contributed by atoms with E-state index in [1.807, 2.05) is 60.7 Å². The van der Waals surface area contributed by atoms with Gasteiger partial charge in [-0.2, -0.15) is 0 Å². The van der Waals surface area contributed by atoms with Crippen molar-refractivity contribution in [1.29, 1.82) is 0 Å². The lowest BCUT2D eigenvalue weighted by Gasteiger charge is -2.11. The second kappa shape index (κ2) is 10.3. The topological polar surface area (TPSA) is 48.0 Å². The van der Waals surface area contributed by atoms with Crippen LogP contribution in [0.15, 0.2) is 164 Å². The minimum atomic E-state index is 0.641. The lowest BCUT2D eigenvalue weighted by molar-refractivity contribution is 1.07. The minimum absolute atomic E-state index is 0.641. The normalized spacial score (nSPS) is 12.0. The van der Waals surface area contributed by atoms with Gasteiger partial charge in [-0.15, -0.1) is 0 Å². The molecule has 0 unspecified atom stereocenters. The van der Waals surface area contributed by atoms with Gasteiger partial charge in [0.05, 0.1) is 27.6 Å². The Morgan fingerprint density at radius 1 is 0.340 bits per heavy atom. The van der Waals surface area contributed by atoms with Gasteiger partial charge in [-0.25, -0.2) is 15.0 Å². The van der Waals surface area contributed by atoms with Crippen LogP contribution in [0.25, 0.3) is 99.8 Å². The van der Waals surface area contributed by atoms with Crippen LogP contribution in [0.3, 0.4) is 0 Å². The van der Waals surface area contributed by atoms with Crippen molar-refractivity contribution in [1.82, 2.24) is 23.9 Å². The van der Waals surface area contributed by atoms with Crippen molar-refractivity contribution in [2.45, 2.75) is 0 Å². The van der Waals surface area contributed by atoms with Crippen LogP contribution in [0.1, 0.15) is 0 Å². The van der Waals surface area contributed by atoms with Gasteiger partial charge in [-0.1, -0.05) is 127 Å². The Bertz CT molecular complexity index is 3010. The molecule has 0 N–H and O–H groups in total. The second-order valence-electron chi connectivity index (χ2n) is 12.9. The van der Waals surface area contributed by atoms with E-state index in [0.717, 1.165) is 27.9 Å². The molecule has 0 aliphatic heterocycles. The first-order valence-corrected chi connectivity index (χ1v) is 16.9. The van der Waals surface area contributed by atoms with Crippen LogP contribution < -0.4 is 0 Å². The molecule has 5 nitrogen and oxygen atoms in total. The molecule has 11 aromatic rings. The number of aromatic nitrogens is 5. The zero-order valence-electron chi connectivity index (χ0n) is 26.8. The molecule has 0 aliphatic rings. The molecule has 232 valence electrons. The van der Waals surface area contributed by atoms with Gasteiger partial charge >= 0.3 is 0 Å². The Balaban J connectivity index is 1.27. The van der Waals surface area contributed by atoms with E-state index in [1.165, 1.54) is 54.4 Å². The van der Waals surface area contributed by atoms with Crippen molar-refractivity contribution in [2.24, 2.45) is 0 Å². The number of benzene rings is 7. The van der Waals surface area contributed by atoms with Gasteiger partial charge < -0.3 is 8.97 Å². The second-order valence-corrected chi connectivity index (χ2v) is 12.9. The van der Waals surface area contributed by atoms with Crippen LogP contribution in [-0.4, -0.2) is 23.9 Å². The maximum atomic E-state index is 5.07. The van der Waals surface area contributed by atoms with E-state index < -0.39 is 0 Å². The third kappa shape index (κ3) is 3.80. The van der Waals surface area contributed by atoms with Crippen molar-refractivity contribution < 1.29 is 0 Å². The maximum absolute atomic E-state index is 5.07. The Morgan fingerprint density at radius 2 is 0.840 bits per heavy atom. The summed E-state index contributed by atoms with van der Waals surface area (Å²) in [5, 5.41) is 7.47. The van der Waals surface area contributed by atoms with Crippen LogP contribution in [0.2, 0.25) is 0 Å². The lowest BCUT2D eigenvalue weighted by atomic mass is 10.0. The fourth-order valence-electron chi connectivity index (χ4n) is 7.93. The van der Waals surface area contributed by atoms with Gasteiger partial charge in [0.1, 0.15) is 0 Å². The van der Waals surface area contributed by atoms with Crippen LogP contribution in [-0.2, 0) is 0 Å². The predicted molar refractivity (Wildman–Crippen MR) is 205 cm³/mol. The van der Waals surface area contributed by atoms with E-state index in [4.69, 9.17) is 15.0 Å². The largest absolute Gasteiger partial charge is 0.309 e. The third-order valence-electron chi connectivity index (χ3n) is 10.1. The summed E-state index contributed by atoms with van der Waals surface area (Å²) in [6.07, 6.45) is 0. The number of fused-ring (bicyclic) bond motifs is 10. The molecule has 0 amide bonds. The number of hydrogen-bond acceptors (Lipinski definition) is 3. The highest BCUT2D eigenvalue weighted by atomic mass is 15.0. The molecule has 11 rings (SSSR count). The number of hydrogen-bond donors (Lipinski definition) is 0. The summed E-state index contributed by atoms with van der Waals surface area (Å²) in [4.78, 5) is 15.1. The van der Waals surface area contributed by atoms with Crippen LogP contribution in [0.4, 0.5) is 0 Å². The fourth-order valence-corrected chi connectivity index (χ4v) is 7.93. The van der Waals surface area contributed by atoms with Gasteiger partial charge in [0.25, 0.3) is 0 Å². The molecule has 4 heterocycles. The van der Waals surface area contributed by atoms with E-state index in [0.29, 0.717) is 17.5 Å². The van der Waals surface area contributed by atoms with Gasteiger partial charge in [0.15, 0.2) is 17.5 Å². The first-order valence-electron chi connectivity index (χ1n) is 16.9. The standard InChI is InChI=1S/C45H27N5/c1-4-14-28(15-5-1)43-46-44(29-16-6-2-7-17-29)48-45(47-43)30-24-25-33-36-27-35-32-20-10-12-22-37(32)50-38-23-13-11-21-34(38)40(42(35)50)41(36)49(39(33)26-30)31-18-8-3-9-19-31/h1-27H. The Kier molecular flexibility index (Phi) is 5.60. The SMILES string of the molecule is c1ccc(-c2nc(-c3ccccc3)nc(-c3ccc4c5cc6c7ccccc7n7c8ccccc8c(c5n(-c5ccccc5)c4c3)c67)n2)cc1. The third-order valence-corrected chi connectivity index (χ3v) is 10.1. The molecular formula is C45H27N5. The first-order chi connectivity index (χ1) is 24.8. The highest BCUT2D eigenvalue weighted by Crippen LogP contribution is 2.46. The fraction of sp³-hybridized carbons (Fsp3) is 0. The van der Waals surface area contributed by atoms with E-state index in [2.05, 4.69) is 112 Å². The lowest BCUT2D eigenvalue weighted by Crippen LogP contribution is -2.00. The van der Waals surface area contributed by atoms with E-state index in [1.54, 1.807) is 0 Å². The number of nitrogens with zero attached hydrogens (tertiary/aromatic N) is 5. The van der Waals surface area contributed by atoms with Crippen molar-refractivity contribution in [3.63, 3.8) is 0 Å². The summed E-state index contributed by atoms with van der Waals surface area (Å²) < 4.78 is 4.89. The smallest absolute Gasteiger partial charge is 0.164 e. The molecule has 0 radical (unpaired) electrons. The molecule has 0 saturated carbocycles. The van der Waals surface area contributed by atoms with Crippen LogP contribution in [0, 0.1) is 0 Å². The summed E-state index contributed by atoms with van der Waals surface area (Å²) in [7, 11) is 0. The zero-order chi connectivity index (χ0) is 32.8. The van der Waals surface area contributed by atoms with Crippen LogP contribution in [0.5, 0.6) is 0 Å². The number of para-hydroxylation sites is 3. The minimum Gasteiger partial charge on any atom is -0.309 e. The highest BCUT2D eigenvalue weighted by Gasteiger charge is 2.24. The first kappa shape index (κ1) is 27.1. The Hall–Kier alpha value is -6.85. The molecule has 0 spiro atoms. The van der Waals surface area contributed by atoms with E-state index in [-0.39, 0.29) is 0 Å². The summed E-state index contributed by atoms with van der Waals surface area (Å²) in [5.74, 6) is 1.94. The maximum Gasteiger partial charge on any atom is 0.164 e. The van der Waals surface area contributed by atoms with E-state index >= 15 is 0 Å².